The van der Waals surface area contributed by atoms with Gasteiger partial charge < -0.3 is 10.1 Å². The van der Waals surface area contributed by atoms with E-state index in [0.29, 0.717) is 6.61 Å². The van der Waals surface area contributed by atoms with Crippen LogP contribution in [0.15, 0.2) is 0 Å². The molecule has 17 heavy (non-hydrogen) atoms. The molecule has 100 valence electrons. The first-order valence-corrected chi connectivity index (χ1v) is 6.78. The van der Waals surface area contributed by atoms with Crippen LogP contribution in [0.4, 0.5) is 0 Å². The van der Waals surface area contributed by atoms with Crippen LogP contribution in [0.5, 0.6) is 0 Å². The normalized spacial score (nSPS) is 20.2. The van der Waals surface area contributed by atoms with Crippen molar-refractivity contribution in [3.63, 3.8) is 0 Å². The SMILES string of the molecule is CCOC(=O)C(CC)N1CCC(CNC)CC1. The summed E-state index contributed by atoms with van der Waals surface area (Å²) in [6.07, 6.45) is 3.20. The summed E-state index contributed by atoms with van der Waals surface area (Å²) >= 11 is 0. The molecule has 0 bridgehead atoms. The Morgan fingerprint density at radius 2 is 2.06 bits per heavy atom. The molecule has 0 spiro atoms. The highest BCUT2D eigenvalue weighted by Gasteiger charge is 2.29. The standard InChI is InChI=1S/C13H26N2O2/c1-4-12(13(16)17-5-2)15-8-6-11(7-9-15)10-14-3/h11-12,14H,4-10H2,1-3H3. The molecule has 1 unspecified atom stereocenters. The van der Waals surface area contributed by atoms with Gasteiger partial charge in [0.25, 0.3) is 0 Å². The van der Waals surface area contributed by atoms with E-state index in [9.17, 15) is 4.79 Å². The van der Waals surface area contributed by atoms with Gasteiger partial charge in [0.2, 0.25) is 0 Å². The third-order valence-electron chi connectivity index (χ3n) is 3.53. The minimum absolute atomic E-state index is 0.0366. The fourth-order valence-electron chi connectivity index (χ4n) is 2.57. The van der Waals surface area contributed by atoms with Gasteiger partial charge in [-0.25, -0.2) is 0 Å². The molecule has 0 aromatic heterocycles. The number of carbonyl (C=O) groups excluding carboxylic acids is 1. The van der Waals surface area contributed by atoms with Gasteiger partial charge >= 0.3 is 5.97 Å². The summed E-state index contributed by atoms with van der Waals surface area (Å²) in [4.78, 5) is 14.1. The number of piperidine rings is 1. The van der Waals surface area contributed by atoms with E-state index in [1.807, 2.05) is 14.0 Å². The Bertz CT molecular complexity index is 225. The van der Waals surface area contributed by atoms with Crippen LogP contribution < -0.4 is 5.32 Å². The second-order valence-corrected chi connectivity index (χ2v) is 4.71. The number of nitrogens with zero attached hydrogens (tertiary/aromatic N) is 1. The number of hydrogen-bond donors (Lipinski definition) is 1. The lowest BCUT2D eigenvalue weighted by molar-refractivity contribution is -0.150. The van der Waals surface area contributed by atoms with E-state index in [2.05, 4.69) is 17.1 Å². The van der Waals surface area contributed by atoms with Gasteiger partial charge in [-0.05, 0) is 58.8 Å². The zero-order valence-corrected chi connectivity index (χ0v) is 11.4. The van der Waals surface area contributed by atoms with Crippen LogP contribution in [-0.2, 0) is 9.53 Å². The van der Waals surface area contributed by atoms with Gasteiger partial charge in [-0.3, -0.25) is 9.69 Å². The molecular weight excluding hydrogens is 216 g/mol. The highest BCUT2D eigenvalue weighted by Crippen LogP contribution is 2.20. The maximum absolute atomic E-state index is 11.8. The minimum Gasteiger partial charge on any atom is -0.465 e. The fourth-order valence-corrected chi connectivity index (χ4v) is 2.57. The van der Waals surface area contributed by atoms with Crippen LogP contribution >= 0.6 is 0 Å². The average Bonchev–Trinajstić information content (AvgIpc) is 2.33. The van der Waals surface area contributed by atoms with Crippen molar-refractivity contribution >= 4 is 5.97 Å². The highest BCUT2D eigenvalue weighted by atomic mass is 16.5. The maximum atomic E-state index is 11.8. The van der Waals surface area contributed by atoms with Crippen LogP contribution in [0.25, 0.3) is 0 Å². The second-order valence-electron chi connectivity index (χ2n) is 4.71. The fraction of sp³-hybridized carbons (Fsp3) is 0.923. The summed E-state index contributed by atoms with van der Waals surface area (Å²) < 4.78 is 5.13. The molecule has 0 saturated carbocycles. The van der Waals surface area contributed by atoms with Crippen LogP contribution in [0.1, 0.15) is 33.1 Å². The Kier molecular flexibility index (Phi) is 6.52. The van der Waals surface area contributed by atoms with Crippen molar-refractivity contribution in [1.82, 2.24) is 10.2 Å². The number of ether oxygens (including phenoxy) is 1. The van der Waals surface area contributed by atoms with Gasteiger partial charge in [-0.2, -0.15) is 0 Å². The van der Waals surface area contributed by atoms with Crippen LogP contribution in [0.2, 0.25) is 0 Å². The average molecular weight is 242 g/mol. The molecule has 0 aromatic carbocycles. The molecule has 0 aliphatic carbocycles. The summed E-state index contributed by atoms with van der Waals surface area (Å²) in [6.45, 7) is 7.52. The van der Waals surface area contributed by atoms with Crippen molar-refractivity contribution in [2.45, 2.75) is 39.2 Å². The van der Waals surface area contributed by atoms with Crippen LogP contribution in [0, 0.1) is 5.92 Å². The zero-order valence-electron chi connectivity index (χ0n) is 11.4. The van der Waals surface area contributed by atoms with Crippen molar-refractivity contribution in [3.05, 3.63) is 0 Å². The summed E-state index contributed by atoms with van der Waals surface area (Å²) in [5.74, 6) is 0.706. The van der Waals surface area contributed by atoms with E-state index >= 15 is 0 Å². The van der Waals surface area contributed by atoms with E-state index in [0.717, 1.165) is 32.0 Å². The van der Waals surface area contributed by atoms with E-state index in [1.54, 1.807) is 0 Å². The van der Waals surface area contributed by atoms with Gasteiger partial charge in [-0.1, -0.05) is 6.92 Å². The smallest absolute Gasteiger partial charge is 0.323 e. The van der Waals surface area contributed by atoms with Gasteiger partial charge in [0.15, 0.2) is 0 Å². The van der Waals surface area contributed by atoms with E-state index in [4.69, 9.17) is 4.74 Å². The zero-order chi connectivity index (χ0) is 12.7. The van der Waals surface area contributed by atoms with Gasteiger partial charge in [0.05, 0.1) is 6.61 Å². The lowest BCUT2D eigenvalue weighted by Crippen LogP contribution is -2.47. The molecule has 4 heteroatoms. The molecular formula is C13H26N2O2. The number of likely N-dealkylation sites (tertiary alicyclic amines) is 1. The molecule has 0 amide bonds. The topological polar surface area (TPSA) is 41.6 Å². The molecule has 0 aromatic rings. The molecule has 1 atom stereocenters. The highest BCUT2D eigenvalue weighted by molar-refractivity contribution is 5.75. The largest absolute Gasteiger partial charge is 0.465 e. The third-order valence-corrected chi connectivity index (χ3v) is 3.53. The van der Waals surface area contributed by atoms with Crippen molar-refractivity contribution in [3.8, 4) is 0 Å². The first-order chi connectivity index (χ1) is 8.22. The second kappa shape index (κ2) is 7.67. The number of rotatable bonds is 6. The van der Waals surface area contributed by atoms with E-state index in [-0.39, 0.29) is 12.0 Å². The Morgan fingerprint density at radius 3 is 2.53 bits per heavy atom. The number of carbonyl (C=O) groups is 1. The van der Waals surface area contributed by atoms with E-state index in [1.165, 1.54) is 12.8 Å². The predicted octanol–water partition coefficient (Wildman–Crippen LogP) is 1.26. The van der Waals surface area contributed by atoms with Crippen molar-refractivity contribution in [2.75, 3.05) is 33.3 Å². The lowest BCUT2D eigenvalue weighted by Gasteiger charge is -2.35. The summed E-state index contributed by atoms with van der Waals surface area (Å²) in [5, 5.41) is 3.23. The number of esters is 1. The van der Waals surface area contributed by atoms with Gasteiger partial charge in [-0.15, -0.1) is 0 Å². The molecule has 0 radical (unpaired) electrons. The molecule has 1 aliphatic rings. The first-order valence-electron chi connectivity index (χ1n) is 6.78. The van der Waals surface area contributed by atoms with E-state index < -0.39 is 0 Å². The summed E-state index contributed by atoms with van der Waals surface area (Å²) in [7, 11) is 2.00. The maximum Gasteiger partial charge on any atom is 0.323 e. The Labute approximate surface area is 105 Å². The Balaban J connectivity index is 2.42. The molecule has 1 saturated heterocycles. The van der Waals surface area contributed by atoms with Gasteiger partial charge in [0.1, 0.15) is 6.04 Å². The van der Waals surface area contributed by atoms with Gasteiger partial charge in [0, 0.05) is 0 Å². The summed E-state index contributed by atoms with van der Waals surface area (Å²) in [6, 6.07) is -0.0366. The molecule has 1 rings (SSSR count). The lowest BCUT2D eigenvalue weighted by atomic mass is 9.95. The molecule has 1 fully saturated rings. The quantitative estimate of drug-likeness (QED) is 0.712. The summed E-state index contributed by atoms with van der Waals surface area (Å²) in [5.41, 5.74) is 0. The first kappa shape index (κ1) is 14.5. The van der Waals surface area contributed by atoms with Crippen LogP contribution in [-0.4, -0.2) is 50.2 Å². The Morgan fingerprint density at radius 1 is 1.41 bits per heavy atom. The number of nitrogens with one attached hydrogen (secondary N) is 1. The van der Waals surface area contributed by atoms with Crippen molar-refractivity contribution < 1.29 is 9.53 Å². The monoisotopic (exact) mass is 242 g/mol. The molecule has 1 N–H and O–H groups in total. The molecule has 1 heterocycles. The minimum atomic E-state index is -0.0536. The van der Waals surface area contributed by atoms with Crippen molar-refractivity contribution in [1.29, 1.82) is 0 Å². The van der Waals surface area contributed by atoms with Crippen LogP contribution in [0.3, 0.4) is 0 Å². The molecule has 1 aliphatic heterocycles. The third kappa shape index (κ3) is 4.28. The predicted molar refractivity (Wildman–Crippen MR) is 68.9 cm³/mol. The number of hydrogen-bond acceptors (Lipinski definition) is 4. The molecule has 4 nitrogen and oxygen atoms in total. The Hall–Kier alpha value is -0.610. The van der Waals surface area contributed by atoms with Crippen molar-refractivity contribution in [2.24, 2.45) is 5.92 Å².